The van der Waals surface area contributed by atoms with Crippen molar-refractivity contribution >= 4 is 11.6 Å². The van der Waals surface area contributed by atoms with Gasteiger partial charge < -0.3 is 20.1 Å². The molecule has 1 heterocycles. The van der Waals surface area contributed by atoms with Gasteiger partial charge in [0.25, 0.3) is 0 Å². The van der Waals surface area contributed by atoms with Crippen LogP contribution in [0.5, 0.6) is 11.5 Å². The standard InChI is InChI=1S/C20H24N2O3/c1-3-24-18-10-15-9-14(2)25-19(15)11-16(18)12-22-20(23)13-21-17-7-5-4-6-8-17/h4-8,10-11,14,21H,3,9,12-13H2,1-2H3,(H,22,23). The van der Waals surface area contributed by atoms with Crippen LogP contribution in [0.15, 0.2) is 42.5 Å². The molecule has 0 spiro atoms. The summed E-state index contributed by atoms with van der Waals surface area (Å²) in [5, 5.41) is 6.03. The normalized spacial score (nSPS) is 15.2. The van der Waals surface area contributed by atoms with Crippen LogP contribution in [0.25, 0.3) is 0 Å². The number of para-hydroxylation sites is 1. The first kappa shape index (κ1) is 17.1. The molecule has 1 atom stereocenters. The Balaban J connectivity index is 1.60. The molecule has 0 bridgehead atoms. The predicted octanol–water partition coefficient (Wildman–Crippen LogP) is 3.14. The maximum absolute atomic E-state index is 12.1. The van der Waals surface area contributed by atoms with E-state index in [-0.39, 0.29) is 18.6 Å². The van der Waals surface area contributed by atoms with E-state index < -0.39 is 0 Å². The number of anilines is 1. The van der Waals surface area contributed by atoms with Gasteiger partial charge in [0.15, 0.2) is 0 Å². The molecule has 5 nitrogen and oxygen atoms in total. The van der Waals surface area contributed by atoms with Crippen LogP contribution >= 0.6 is 0 Å². The molecule has 25 heavy (non-hydrogen) atoms. The van der Waals surface area contributed by atoms with E-state index >= 15 is 0 Å². The molecule has 2 N–H and O–H groups in total. The van der Waals surface area contributed by atoms with E-state index in [1.54, 1.807) is 0 Å². The van der Waals surface area contributed by atoms with Gasteiger partial charge in [-0.2, -0.15) is 0 Å². The minimum Gasteiger partial charge on any atom is -0.494 e. The molecule has 1 unspecified atom stereocenters. The van der Waals surface area contributed by atoms with Gasteiger partial charge in [0.1, 0.15) is 17.6 Å². The van der Waals surface area contributed by atoms with Crippen LogP contribution in [-0.2, 0) is 17.8 Å². The van der Waals surface area contributed by atoms with E-state index in [0.717, 1.165) is 34.7 Å². The zero-order chi connectivity index (χ0) is 17.6. The monoisotopic (exact) mass is 340 g/mol. The smallest absolute Gasteiger partial charge is 0.239 e. The summed E-state index contributed by atoms with van der Waals surface area (Å²) in [7, 11) is 0. The number of ether oxygens (including phenoxy) is 2. The number of carbonyl (C=O) groups excluding carboxylic acids is 1. The first-order chi connectivity index (χ1) is 12.2. The molecular weight excluding hydrogens is 316 g/mol. The van der Waals surface area contributed by atoms with Crippen LogP contribution in [0.1, 0.15) is 25.0 Å². The third kappa shape index (κ3) is 4.44. The Bertz CT molecular complexity index is 731. The van der Waals surface area contributed by atoms with Gasteiger partial charge in [-0.3, -0.25) is 4.79 Å². The van der Waals surface area contributed by atoms with E-state index in [2.05, 4.69) is 17.6 Å². The van der Waals surface area contributed by atoms with Crippen LogP contribution < -0.4 is 20.1 Å². The minimum atomic E-state index is -0.0684. The lowest BCUT2D eigenvalue weighted by molar-refractivity contribution is -0.119. The quantitative estimate of drug-likeness (QED) is 0.813. The summed E-state index contributed by atoms with van der Waals surface area (Å²) in [5.41, 5.74) is 3.02. The molecule has 0 saturated heterocycles. The second-order valence-electron chi connectivity index (χ2n) is 6.13. The van der Waals surface area contributed by atoms with Crippen molar-refractivity contribution in [2.45, 2.75) is 32.9 Å². The fourth-order valence-electron chi connectivity index (χ4n) is 2.90. The number of benzene rings is 2. The molecule has 3 rings (SSSR count). The second-order valence-corrected chi connectivity index (χ2v) is 6.13. The predicted molar refractivity (Wildman–Crippen MR) is 98.2 cm³/mol. The van der Waals surface area contributed by atoms with Gasteiger partial charge in [-0.15, -0.1) is 0 Å². The Hall–Kier alpha value is -2.69. The van der Waals surface area contributed by atoms with Crippen molar-refractivity contribution in [3.8, 4) is 11.5 Å². The summed E-state index contributed by atoms with van der Waals surface area (Å²) < 4.78 is 11.5. The van der Waals surface area contributed by atoms with Gasteiger partial charge >= 0.3 is 0 Å². The highest BCUT2D eigenvalue weighted by Crippen LogP contribution is 2.35. The number of hydrogen-bond acceptors (Lipinski definition) is 4. The second kappa shape index (κ2) is 7.92. The van der Waals surface area contributed by atoms with Gasteiger partial charge in [0, 0.05) is 29.8 Å². The van der Waals surface area contributed by atoms with Crippen molar-refractivity contribution < 1.29 is 14.3 Å². The Morgan fingerprint density at radius 3 is 2.84 bits per heavy atom. The Labute approximate surface area is 148 Å². The van der Waals surface area contributed by atoms with E-state index in [1.165, 1.54) is 0 Å². The lowest BCUT2D eigenvalue weighted by Crippen LogP contribution is -2.29. The highest BCUT2D eigenvalue weighted by molar-refractivity contribution is 5.80. The lowest BCUT2D eigenvalue weighted by Gasteiger charge is -2.14. The average molecular weight is 340 g/mol. The molecule has 1 aliphatic rings. The number of hydrogen-bond donors (Lipinski definition) is 2. The van der Waals surface area contributed by atoms with Gasteiger partial charge in [-0.1, -0.05) is 18.2 Å². The molecule has 2 aromatic carbocycles. The summed E-state index contributed by atoms with van der Waals surface area (Å²) in [4.78, 5) is 12.1. The summed E-state index contributed by atoms with van der Waals surface area (Å²) in [5.74, 6) is 1.64. The molecule has 1 aliphatic heterocycles. The van der Waals surface area contributed by atoms with Crippen molar-refractivity contribution in [2.24, 2.45) is 0 Å². The molecule has 0 saturated carbocycles. The summed E-state index contributed by atoms with van der Waals surface area (Å²) in [6.45, 7) is 5.24. The van der Waals surface area contributed by atoms with Gasteiger partial charge in [0.2, 0.25) is 5.91 Å². The highest BCUT2D eigenvalue weighted by atomic mass is 16.5. The number of carbonyl (C=O) groups is 1. The largest absolute Gasteiger partial charge is 0.494 e. The van der Waals surface area contributed by atoms with Crippen molar-refractivity contribution in [2.75, 3.05) is 18.5 Å². The number of fused-ring (bicyclic) bond motifs is 1. The first-order valence-corrected chi connectivity index (χ1v) is 8.66. The van der Waals surface area contributed by atoms with Crippen LogP contribution in [0.4, 0.5) is 5.69 Å². The van der Waals surface area contributed by atoms with Crippen LogP contribution in [0.3, 0.4) is 0 Å². The van der Waals surface area contributed by atoms with Gasteiger partial charge in [-0.05, 0) is 38.1 Å². The Kier molecular flexibility index (Phi) is 5.43. The van der Waals surface area contributed by atoms with Crippen LogP contribution in [0.2, 0.25) is 0 Å². The van der Waals surface area contributed by atoms with Crippen LogP contribution in [0, 0.1) is 0 Å². The Morgan fingerprint density at radius 2 is 2.08 bits per heavy atom. The molecule has 0 aromatic heterocycles. The molecule has 2 aromatic rings. The van der Waals surface area contributed by atoms with Crippen molar-refractivity contribution in [1.82, 2.24) is 5.32 Å². The maximum Gasteiger partial charge on any atom is 0.239 e. The fourth-order valence-corrected chi connectivity index (χ4v) is 2.90. The first-order valence-electron chi connectivity index (χ1n) is 8.66. The SMILES string of the molecule is CCOc1cc2c(cc1CNC(=O)CNc1ccccc1)OC(C)C2. The van der Waals surface area contributed by atoms with E-state index in [9.17, 15) is 4.79 Å². The van der Waals surface area contributed by atoms with E-state index in [0.29, 0.717) is 13.2 Å². The Morgan fingerprint density at radius 1 is 1.28 bits per heavy atom. The zero-order valence-corrected chi connectivity index (χ0v) is 14.7. The number of nitrogens with one attached hydrogen (secondary N) is 2. The van der Waals surface area contributed by atoms with Crippen molar-refractivity contribution in [1.29, 1.82) is 0 Å². The number of rotatable bonds is 7. The third-order valence-corrected chi connectivity index (χ3v) is 4.08. The van der Waals surface area contributed by atoms with Crippen molar-refractivity contribution in [3.63, 3.8) is 0 Å². The summed E-state index contributed by atoms with van der Waals surface area (Å²) in [6, 6.07) is 13.7. The third-order valence-electron chi connectivity index (χ3n) is 4.08. The lowest BCUT2D eigenvalue weighted by atomic mass is 10.1. The van der Waals surface area contributed by atoms with E-state index in [1.807, 2.05) is 49.4 Å². The fraction of sp³-hybridized carbons (Fsp3) is 0.350. The maximum atomic E-state index is 12.1. The van der Waals surface area contributed by atoms with Crippen molar-refractivity contribution in [3.05, 3.63) is 53.6 Å². The molecular formula is C20H24N2O3. The minimum absolute atomic E-state index is 0.0684. The average Bonchev–Trinajstić information content (AvgIpc) is 2.98. The zero-order valence-electron chi connectivity index (χ0n) is 14.7. The molecule has 5 heteroatoms. The molecule has 1 amide bonds. The van der Waals surface area contributed by atoms with E-state index in [4.69, 9.17) is 9.47 Å². The van der Waals surface area contributed by atoms with Crippen LogP contribution in [-0.4, -0.2) is 25.2 Å². The number of amides is 1. The highest BCUT2D eigenvalue weighted by Gasteiger charge is 2.22. The molecule has 0 radical (unpaired) electrons. The van der Waals surface area contributed by atoms with Gasteiger partial charge in [0.05, 0.1) is 13.2 Å². The molecule has 132 valence electrons. The molecule has 0 aliphatic carbocycles. The summed E-state index contributed by atoms with van der Waals surface area (Å²) in [6.07, 6.45) is 1.08. The topological polar surface area (TPSA) is 59.6 Å². The van der Waals surface area contributed by atoms with Gasteiger partial charge in [-0.25, -0.2) is 0 Å². The molecule has 0 fully saturated rings. The summed E-state index contributed by atoms with van der Waals surface area (Å²) >= 11 is 0.